The minimum absolute atomic E-state index is 0.176. The fourth-order valence-electron chi connectivity index (χ4n) is 1.08. The molecule has 0 aliphatic rings. The molecule has 1 aromatic rings. The first-order valence-corrected chi connectivity index (χ1v) is 4.53. The fourth-order valence-corrected chi connectivity index (χ4v) is 1.08. The van der Waals surface area contributed by atoms with Gasteiger partial charge in [-0.15, -0.1) is 0 Å². The zero-order valence-corrected chi connectivity index (χ0v) is 8.69. The summed E-state index contributed by atoms with van der Waals surface area (Å²) in [5.74, 6) is 0.829. The van der Waals surface area contributed by atoms with Gasteiger partial charge in [0.05, 0.1) is 11.8 Å². The number of hydrogen-bond donors (Lipinski definition) is 0. The van der Waals surface area contributed by atoms with E-state index >= 15 is 0 Å². The fraction of sp³-hybridized carbons (Fsp3) is 0.364. The van der Waals surface area contributed by atoms with E-state index in [2.05, 4.69) is 0 Å². The minimum atomic E-state index is 0.176. The van der Waals surface area contributed by atoms with Crippen LogP contribution in [0.15, 0.2) is 24.3 Å². The Bertz CT molecular complexity index is 324. The van der Waals surface area contributed by atoms with Crippen LogP contribution < -0.4 is 9.64 Å². The SMILES string of the molecule is CC(C)Oc1ccc(N(C)C#N)cc1. The molecule has 0 heterocycles. The van der Waals surface area contributed by atoms with Gasteiger partial charge in [-0.05, 0) is 38.1 Å². The van der Waals surface area contributed by atoms with Gasteiger partial charge in [0.1, 0.15) is 5.75 Å². The van der Waals surface area contributed by atoms with Crippen molar-refractivity contribution in [3.63, 3.8) is 0 Å². The third-order valence-corrected chi connectivity index (χ3v) is 1.75. The van der Waals surface area contributed by atoms with Crippen molar-refractivity contribution in [2.45, 2.75) is 20.0 Å². The zero-order chi connectivity index (χ0) is 10.6. The van der Waals surface area contributed by atoms with Gasteiger partial charge in [-0.25, -0.2) is 0 Å². The van der Waals surface area contributed by atoms with Crippen LogP contribution in [-0.2, 0) is 0 Å². The predicted molar refractivity (Wildman–Crippen MR) is 56.2 cm³/mol. The maximum absolute atomic E-state index is 8.65. The average molecular weight is 190 g/mol. The summed E-state index contributed by atoms with van der Waals surface area (Å²) in [4.78, 5) is 1.50. The summed E-state index contributed by atoms with van der Waals surface area (Å²) in [6.45, 7) is 3.96. The molecule has 1 aromatic carbocycles. The number of rotatable bonds is 3. The zero-order valence-electron chi connectivity index (χ0n) is 8.69. The molecule has 0 saturated carbocycles. The molecule has 74 valence electrons. The lowest BCUT2D eigenvalue weighted by atomic mass is 10.3. The van der Waals surface area contributed by atoms with E-state index in [1.807, 2.05) is 44.3 Å². The number of nitrogens with zero attached hydrogens (tertiary/aromatic N) is 2. The van der Waals surface area contributed by atoms with Crippen molar-refractivity contribution in [3.8, 4) is 11.9 Å². The Kier molecular flexibility index (Phi) is 3.35. The molecular weight excluding hydrogens is 176 g/mol. The van der Waals surface area contributed by atoms with Crippen LogP contribution in [0, 0.1) is 11.5 Å². The van der Waals surface area contributed by atoms with E-state index < -0.39 is 0 Å². The maximum atomic E-state index is 8.65. The molecule has 0 atom stereocenters. The van der Waals surface area contributed by atoms with Crippen LogP contribution in [0.25, 0.3) is 0 Å². The average Bonchev–Trinajstić information content (AvgIpc) is 2.17. The van der Waals surface area contributed by atoms with E-state index in [0.29, 0.717) is 0 Å². The van der Waals surface area contributed by atoms with E-state index in [1.54, 1.807) is 7.05 Å². The highest BCUT2D eigenvalue weighted by molar-refractivity contribution is 5.51. The van der Waals surface area contributed by atoms with Gasteiger partial charge in [0.15, 0.2) is 6.19 Å². The Morgan fingerprint density at radius 1 is 1.29 bits per heavy atom. The lowest BCUT2D eigenvalue weighted by molar-refractivity contribution is 0.242. The van der Waals surface area contributed by atoms with E-state index in [1.165, 1.54) is 4.90 Å². The first-order chi connectivity index (χ1) is 6.63. The highest BCUT2D eigenvalue weighted by atomic mass is 16.5. The molecule has 3 heteroatoms. The number of benzene rings is 1. The van der Waals surface area contributed by atoms with Gasteiger partial charge in [0, 0.05) is 7.05 Å². The molecule has 0 unspecified atom stereocenters. The summed E-state index contributed by atoms with van der Waals surface area (Å²) < 4.78 is 5.48. The summed E-state index contributed by atoms with van der Waals surface area (Å²) in [5.41, 5.74) is 0.864. The smallest absolute Gasteiger partial charge is 0.183 e. The van der Waals surface area contributed by atoms with Crippen LogP contribution in [0.2, 0.25) is 0 Å². The van der Waals surface area contributed by atoms with Crippen molar-refractivity contribution in [1.29, 1.82) is 5.26 Å². The number of hydrogen-bond acceptors (Lipinski definition) is 3. The molecule has 0 saturated heterocycles. The largest absolute Gasteiger partial charge is 0.491 e. The van der Waals surface area contributed by atoms with Crippen molar-refractivity contribution in [2.75, 3.05) is 11.9 Å². The van der Waals surface area contributed by atoms with Crippen LogP contribution in [-0.4, -0.2) is 13.2 Å². The maximum Gasteiger partial charge on any atom is 0.183 e. The molecular formula is C11H14N2O. The van der Waals surface area contributed by atoms with Gasteiger partial charge in [-0.2, -0.15) is 5.26 Å². The van der Waals surface area contributed by atoms with Crippen LogP contribution in [0.1, 0.15) is 13.8 Å². The van der Waals surface area contributed by atoms with E-state index in [9.17, 15) is 0 Å². The van der Waals surface area contributed by atoms with Gasteiger partial charge >= 0.3 is 0 Å². The first-order valence-electron chi connectivity index (χ1n) is 4.53. The molecule has 3 nitrogen and oxygen atoms in total. The van der Waals surface area contributed by atoms with Crippen molar-refractivity contribution in [3.05, 3.63) is 24.3 Å². The van der Waals surface area contributed by atoms with Crippen molar-refractivity contribution < 1.29 is 4.74 Å². The number of nitriles is 1. The summed E-state index contributed by atoms with van der Waals surface area (Å²) in [7, 11) is 1.72. The highest BCUT2D eigenvalue weighted by Gasteiger charge is 2.00. The summed E-state index contributed by atoms with van der Waals surface area (Å²) in [6, 6.07) is 7.45. The lowest BCUT2D eigenvalue weighted by Crippen LogP contribution is -2.08. The molecule has 0 aliphatic carbocycles. The van der Waals surface area contributed by atoms with Crippen molar-refractivity contribution >= 4 is 5.69 Å². The monoisotopic (exact) mass is 190 g/mol. The number of anilines is 1. The van der Waals surface area contributed by atoms with E-state index in [0.717, 1.165) is 11.4 Å². The van der Waals surface area contributed by atoms with Gasteiger partial charge in [-0.3, -0.25) is 4.90 Å². The van der Waals surface area contributed by atoms with E-state index in [4.69, 9.17) is 10.00 Å². The van der Waals surface area contributed by atoms with Gasteiger partial charge in [0.2, 0.25) is 0 Å². The Morgan fingerprint density at radius 2 is 1.86 bits per heavy atom. The lowest BCUT2D eigenvalue weighted by Gasteiger charge is -2.12. The second-order valence-corrected chi connectivity index (χ2v) is 3.32. The molecule has 0 amide bonds. The molecule has 0 N–H and O–H groups in total. The summed E-state index contributed by atoms with van der Waals surface area (Å²) in [6.07, 6.45) is 2.21. The van der Waals surface area contributed by atoms with Crippen LogP contribution in [0.3, 0.4) is 0 Å². The molecule has 14 heavy (non-hydrogen) atoms. The summed E-state index contributed by atoms with van der Waals surface area (Å²) >= 11 is 0. The standard InChI is InChI=1S/C11H14N2O/c1-9(2)14-11-6-4-10(5-7-11)13(3)8-12/h4-7,9H,1-3H3. The Hall–Kier alpha value is -1.69. The molecule has 1 rings (SSSR count). The minimum Gasteiger partial charge on any atom is -0.491 e. The first kappa shape index (κ1) is 10.4. The van der Waals surface area contributed by atoms with Crippen molar-refractivity contribution in [1.82, 2.24) is 0 Å². The second kappa shape index (κ2) is 4.52. The molecule has 0 bridgehead atoms. The predicted octanol–water partition coefficient (Wildman–Crippen LogP) is 2.39. The topological polar surface area (TPSA) is 36.3 Å². The van der Waals surface area contributed by atoms with Crippen LogP contribution >= 0.6 is 0 Å². The van der Waals surface area contributed by atoms with Crippen LogP contribution in [0.4, 0.5) is 5.69 Å². The molecule has 0 spiro atoms. The second-order valence-electron chi connectivity index (χ2n) is 3.32. The number of ether oxygens (including phenoxy) is 1. The molecule has 0 fully saturated rings. The van der Waals surface area contributed by atoms with Gasteiger partial charge < -0.3 is 4.74 Å². The molecule has 0 aliphatic heterocycles. The van der Waals surface area contributed by atoms with Crippen LogP contribution in [0.5, 0.6) is 5.75 Å². The summed E-state index contributed by atoms with van der Waals surface area (Å²) in [5, 5.41) is 8.65. The molecule has 0 aromatic heterocycles. The normalized spacial score (nSPS) is 9.64. The highest BCUT2D eigenvalue weighted by Crippen LogP contribution is 2.18. The van der Waals surface area contributed by atoms with Crippen molar-refractivity contribution in [2.24, 2.45) is 0 Å². The quantitative estimate of drug-likeness (QED) is 0.542. The van der Waals surface area contributed by atoms with Gasteiger partial charge in [-0.1, -0.05) is 0 Å². The van der Waals surface area contributed by atoms with Gasteiger partial charge in [0.25, 0.3) is 0 Å². The van der Waals surface area contributed by atoms with E-state index in [-0.39, 0.29) is 6.10 Å². The third-order valence-electron chi connectivity index (χ3n) is 1.75. The Labute approximate surface area is 84.5 Å². The Morgan fingerprint density at radius 3 is 2.29 bits per heavy atom. The Balaban J connectivity index is 2.74. The molecule has 0 radical (unpaired) electrons. The third kappa shape index (κ3) is 2.67.